The molecule has 0 atom stereocenters. The van der Waals surface area contributed by atoms with E-state index in [2.05, 4.69) is 313 Å². The van der Waals surface area contributed by atoms with Crippen molar-refractivity contribution in [1.29, 1.82) is 0 Å². The van der Waals surface area contributed by atoms with E-state index >= 15 is 0 Å². The zero-order chi connectivity index (χ0) is 84.8. The second-order valence-electron chi connectivity index (χ2n) is 29.5. The maximum atomic E-state index is 4.81. The van der Waals surface area contributed by atoms with Crippen LogP contribution < -0.4 is 58.8 Å². The van der Waals surface area contributed by atoms with Gasteiger partial charge in [-0.15, -0.1) is 54.1 Å². The topological polar surface area (TPSA) is 116 Å². The molecule has 0 saturated heterocycles. The Morgan fingerprint density at radius 2 is 0.500 bits per heavy atom. The summed E-state index contributed by atoms with van der Waals surface area (Å²) in [7, 11) is 5.97. The van der Waals surface area contributed by atoms with Crippen molar-refractivity contribution < 1.29 is 60.3 Å². The number of aryl methyl sites for hydroxylation is 2. The van der Waals surface area contributed by atoms with Gasteiger partial charge in [0.15, 0.2) is 11.6 Å². The zero-order valence-electron chi connectivity index (χ0n) is 70.4. The van der Waals surface area contributed by atoms with Gasteiger partial charge in [0.1, 0.15) is 23.8 Å². The van der Waals surface area contributed by atoms with E-state index in [1.165, 1.54) is 45.3 Å². The van der Waals surface area contributed by atoms with E-state index in [1.807, 2.05) is 254 Å². The third-order valence-corrected chi connectivity index (χ3v) is 21.3. The molecule has 17 aromatic rings. The summed E-state index contributed by atoms with van der Waals surface area (Å²) in [5, 5.41) is 0. The molecule has 641 valence electrons. The number of fused-ring (bicyclic) bond motifs is 6. The van der Waals surface area contributed by atoms with Crippen LogP contribution in [-0.2, 0) is 60.3 Å². The van der Waals surface area contributed by atoms with Gasteiger partial charge in [0, 0.05) is 123 Å². The molecule has 21 heteroatoms. The van der Waals surface area contributed by atoms with Crippen molar-refractivity contribution in [2.75, 3.05) is 79.9 Å². The van der Waals surface area contributed by atoms with E-state index < -0.39 is 0 Å². The van der Waals surface area contributed by atoms with Gasteiger partial charge in [-0.2, -0.15) is 202 Å². The molecule has 0 saturated carbocycles. The molecule has 128 heavy (non-hydrogen) atoms. The normalized spacial score (nSPS) is 13.1. The van der Waals surface area contributed by atoms with E-state index in [1.54, 1.807) is 6.33 Å². The Bertz CT molecular complexity index is 5930. The molecule has 0 aliphatic carbocycles. The first kappa shape index (κ1) is 88.7. The van der Waals surface area contributed by atoms with E-state index in [0.717, 1.165) is 108 Å². The smallest absolute Gasteiger partial charge is 0.161 e. The summed E-state index contributed by atoms with van der Waals surface area (Å²) >= 11 is 0. The predicted molar refractivity (Wildman–Crippen MR) is 507 cm³/mol. The molecule has 0 unspecified atom stereocenters. The largest absolute Gasteiger partial charge is 0.501 e. The molecule has 6 aliphatic heterocycles. The molecule has 3 aromatic heterocycles. The van der Waals surface area contributed by atoms with Gasteiger partial charge in [-0.25, -0.2) is 29.9 Å². The molecule has 0 spiro atoms. The average Bonchev–Trinajstić information content (AvgIpc) is 1.64. The Morgan fingerprint density at radius 3 is 0.844 bits per heavy atom. The van der Waals surface area contributed by atoms with Crippen molar-refractivity contribution in [2.24, 2.45) is 0 Å². The van der Waals surface area contributed by atoms with Crippen molar-refractivity contribution in [3.63, 3.8) is 0 Å². The van der Waals surface area contributed by atoms with Crippen LogP contribution in [0.2, 0.25) is 0 Å². The SMILES string of the molecule is CN1[CH-]N(c2[c-]cccc2)c2ncncc21.Cc1ccccc1-c1ncc2c(n1)N(C)[CH-]N2c1[c-]cccc1.Cc1ccccc1-c1ncc2c(n1)N(c1[c-]cccc1)[CH-]N2C.[Ir].[Ir].[Ir].[c-]1ccccc1N1[CH-]N(c2ccccc2)c2ccccc21.[c-]1ccccc1N1[CH-]N(c2ccccc2)c2ccccc21.[c-]1ccccc1N1[CH-]N(c2ccccc2)c2ccccc21. The van der Waals surface area contributed by atoms with Crippen LogP contribution in [-0.4, -0.2) is 51.0 Å². The van der Waals surface area contributed by atoms with Crippen molar-refractivity contribution in [2.45, 2.75) is 13.8 Å². The maximum absolute atomic E-state index is 4.81. The summed E-state index contributed by atoms with van der Waals surface area (Å²) in [5.74, 6) is 4.16. The molecule has 0 N–H and O–H groups in total. The van der Waals surface area contributed by atoms with Crippen LogP contribution >= 0.6 is 0 Å². The van der Waals surface area contributed by atoms with E-state index in [4.69, 9.17) is 9.97 Å². The Hall–Kier alpha value is -14.1. The van der Waals surface area contributed by atoms with Gasteiger partial charge < -0.3 is 58.8 Å². The molecule has 14 aromatic carbocycles. The molecule has 23 rings (SSSR count). The van der Waals surface area contributed by atoms with Crippen LogP contribution in [0, 0.1) is 90.3 Å². The number of benzene rings is 14. The standard InChI is InChI=1S/2C19H16N4.3C19H14N2.C12H10N4.3Ir/c1-14-8-6-7-11-16(14)18-20-12-17-19(21-18)22(2)13-23(17)15-9-4-3-5-10-15;1-14-8-6-7-11-16(14)18-20-12-17-19(21-18)23(13-22(17)2)15-9-4-3-5-10-15;3*1-3-9-16(10-4-1)20-15-21(17-11-5-2-6-12-17)19-14-8-7-13-18(19)20;1-15-9-16(10-5-3-2-4-6-10)12-11(15)7-13-8-14-12;;;/h2*3-9,11-13H,1-2H3;3*1-11,13-15H;2-5,7-9H,1H3;;;/q6*-2;;;. The van der Waals surface area contributed by atoms with Crippen molar-refractivity contribution in [3.8, 4) is 22.8 Å². The molecule has 6 aliphatic rings. The maximum Gasteiger partial charge on any atom is 0.161 e. The molecule has 0 bridgehead atoms. The fraction of sp³-hybridized carbons (Fsp3) is 0.0467. The van der Waals surface area contributed by atoms with E-state index in [-0.39, 0.29) is 60.3 Å². The van der Waals surface area contributed by atoms with Gasteiger partial charge in [-0.3, -0.25) is 0 Å². The van der Waals surface area contributed by atoms with Crippen LogP contribution in [0.25, 0.3) is 22.8 Å². The molecule has 0 amide bonds. The Balaban J connectivity index is 0.000000118. The summed E-state index contributed by atoms with van der Waals surface area (Å²) < 4.78 is 0. The Kier molecular flexibility index (Phi) is 29.0. The van der Waals surface area contributed by atoms with Gasteiger partial charge >= 0.3 is 0 Å². The number of aromatic nitrogens is 6. The first-order chi connectivity index (χ1) is 61.6. The van der Waals surface area contributed by atoms with Gasteiger partial charge in [0.25, 0.3) is 0 Å². The second-order valence-corrected chi connectivity index (χ2v) is 29.5. The minimum absolute atomic E-state index is 0. The minimum atomic E-state index is 0. The number of nitrogens with zero attached hydrogens (tertiary/aromatic N) is 18. The van der Waals surface area contributed by atoms with Crippen LogP contribution in [0.3, 0.4) is 0 Å². The van der Waals surface area contributed by atoms with Crippen LogP contribution in [0.15, 0.2) is 383 Å². The molecule has 0 fully saturated rings. The van der Waals surface area contributed by atoms with Gasteiger partial charge in [-0.05, 0) is 119 Å². The fourth-order valence-corrected chi connectivity index (χ4v) is 15.2. The average molecular weight is 2200 g/mol. The summed E-state index contributed by atoms with van der Waals surface area (Å²) in [6, 6.07) is 140. The summed E-state index contributed by atoms with van der Waals surface area (Å²) in [4.78, 5) is 52.3. The minimum Gasteiger partial charge on any atom is -0.501 e. The quantitative estimate of drug-likeness (QED) is 0.114. The number of anilines is 21. The second kappa shape index (κ2) is 41.8. The van der Waals surface area contributed by atoms with Gasteiger partial charge in [0.2, 0.25) is 0 Å². The fourth-order valence-electron chi connectivity index (χ4n) is 15.2. The summed E-state index contributed by atoms with van der Waals surface area (Å²) in [5.41, 5.74) is 24.0. The van der Waals surface area contributed by atoms with Gasteiger partial charge in [0.05, 0.1) is 35.7 Å². The molecule has 9 heterocycles. The summed E-state index contributed by atoms with van der Waals surface area (Å²) in [6.07, 6.45) is 7.12. The molecule has 3 radical (unpaired) electrons. The third-order valence-electron chi connectivity index (χ3n) is 21.3. The molecular formula is C107H84Ir3N18-12. The summed E-state index contributed by atoms with van der Waals surface area (Å²) in [6.45, 7) is 16.5. The van der Waals surface area contributed by atoms with Crippen LogP contribution in [0.1, 0.15) is 11.1 Å². The van der Waals surface area contributed by atoms with Gasteiger partial charge in [-0.1, -0.05) is 140 Å². The van der Waals surface area contributed by atoms with E-state index in [0.29, 0.717) is 0 Å². The zero-order valence-corrected chi connectivity index (χ0v) is 77.6. The van der Waals surface area contributed by atoms with E-state index in [9.17, 15) is 0 Å². The van der Waals surface area contributed by atoms with Crippen LogP contribution in [0.5, 0.6) is 0 Å². The van der Waals surface area contributed by atoms with Crippen molar-refractivity contribution >= 4 is 120 Å². The Labute approximate surface area is 790 Å². The number of para-hydroxylation sites is 15. The first-order valence-electron chi connectivity index (χ1n) is 40.9. The predicted octanol–water partition coefficient (Wildman–Crippen LogP) is 24.6. The molecule has 18 nitrogen and oxygen atoms in total. The van der Waals surface area contributed by atoms with Crippen LogP contribution in [0.4, 0.5) is 120 Å². The third kappa shape index (κ3) is 19.5. The Morgan fingerprint density at radius 1 is 0.227 bits per heavy atom. The van der Waals surface area contributed by atoms with Crippen molar-refractivity contribution in [3.05, 3.63) is 470 Å². The number of hydrogen-bond acceptors (Lipinski definition) is 18. The first-order valence-corrected chi connectivity index (χ1v) is 40.9. The monoisotopic (exact) mass is 2200 g/mol. The van der Waals surface area contributed by atoms with Crippen molar-refractivity contribution in [1.82, 2.24) is 29.9 Å². The molecular weight excluding hydrogens is 2110 g/mol. The number of hydrogen-bond donors (Lipinski definition) is 0. The number of rotatable bonds is 11.